The van der Waals surface area contributed by atoms with Crippen LogP contribution in [0.5, 0.6) is 0 Å². The molecule has 2 fully saturated rings. The van der Waals surface area contributed by atoms with Crippen LogP contribution < -0.4 is 0 Å². The van der Waals surface area contributed by atoms with E-state index in [0.29, 0.717) is 25.4 Å². The average Bonchev–Trinajstić information content (AvgIpc) is 2.93. The highest BCUT2D eigenvalue weighted by molar-refractivity contribution is 7.98. The first-order chi connectivity index (χ1) is 19.4. The Morgan fingerprint density at radius 3 is 2.05 bits per heavy atom. The molecule has 2 aromatic rings. The van der Waals surface area contributed by atoms with Gasteiger partial charge in [0.15, 0.2) is 0 Å². The number of nitrogens with zero attached hydrogens (tertiary/aromatic N) is 3. The number of rotatable bonds is 6. The minimum Gasteiger partial charge on any atom is -0.444 e. The zero-order chi connectivity index (χ0) is 29.8. The van der Waals surface area contributed by atoms with Gasteiger partial charge in [0, 0.05) is 50.1 Å². The van der Waals surface area contributed by atoms with Gasteiger partial charge < -0.3 is 14.5 Å². The maximum atomic E-state index is 13.8. The Balaban J connectivity index is 1.45. The Labute approximate surface area is 251 Å². The first-order valence-corrected chi connectivity index (χ1v) is 16.3. The van der Waals surface area contributed by atoms with Gasteiger partial charge in [-0.25, -0.2) is 4.79 Å². The summed E-state index contributed by atoms with van der Waals surface area (Å²) < 4.78 is 5.55. The van der Waals surface area contributed by atoms with E-state index in [4.69, 9.17) is 4.74 Å². The van der Waals surface area contributed by atoms with Crippen molar-refractivity contribution in [3.8, 4) is 0 Å². The van der Waals surface area contributed by atoms with Crippen molar-refractivity contribution in [3.63, 3.8) is 0 Å². The summed E-state index contributed by atoms with van der Waals surface area (Å²) in [6.07, 6.45) is 4.09. The van der Waals surface area contributed by atoms with Crippen LogP contribution >= 0.6 is 11.8 Å². The van der Waals surface area contributed by atoms with Gasteiger partial charge in [0.05, 0.1) is 6.04 Å². The van der Waals surface area contributed by atoms with E-state index in [9.17, 15) is 9.59 Å². The van der Waals surface area contributed by atoms with Crippen molar-refractivity contribution < 1.29 is 14.3 Å². The third-order valence-electron chi connectivity index (χ3n) is 8.37. The zero-order valence-electron chi connectivity index (χ0n) is 26.1. The van der Waals surface area contributed by atoms with Gasteiger partial charge in [-0.15, -0.1) is 11.8 Å². The summed E-state index contributed by atoms with van der Waals surface area (Å²) >= 11 is 1.76. The molecule has 2 saturated heterocycles. The molecule has 2 heterocycles. The number of piperidine rings is 1. The van der Waals surface area contributed by atoms with Crippen LogP contribution in [0.1, 0.15) is 78.0 Å². The molecule has 0 aromatic heterocycles. The molecule has 0 saturated carbocycles. The molecular weight excluding hydrogens is 530 g/mol. The standard InChI is InChI=1S/C34H49N3O3S/c1-33(2,3)29-24-36(31(26-11-9-8-10-12-26)27-13-15-28(41-7)16-14-27)21-22-37(29)30(38)23-25-17-19-35(20-18-25)32(39)40-34(4,5)6/h8-16,25,29,31H,17-24H2,1-7H3/t29-,31-/m1/s1. The molecule has 2 aliphatic heterocycles. The summed E-state index contributed by atoms with van der Waals surface area (Å²) in [5, 5.41) is 0. The van der Waals surface area contributed by atoms with Gasteiger partial charge in [-0.1, -0.05) is 63.2 Å². The number of carbonyl (C=O) groups is 2. The van der Waals surface area contributed by atoms with E-state index >= 15 is 0 Å². The normalized spacial score (nSPS) is 20.1. The van der Waals surface area contributed by atoms with E-state index < -0.39 is 5.60 Å². The number of thioether (sulfide) groups is 1. The second-order valence-corrected chi connectivity index (χ2v) is 14.5. The number of benzene rings is 2. The quantitative estimate of drug-likeness (QED) is 0.342. The first kappa shape index (κ1) is 31.4. The highest BCUT2D eigenvalue weighted by Gasteiger charge is 2.41. The smallest absolute Gasteiger partial charge is 0.410 e. The topological polar surface area (TPSA) is 53.1 Å². The van der Waals surface area contributed by atoms with Crippen LogP contribution in [0.25, 0.3) is 0 Å². The minimum absolute atomic E-state index is 0.0572. The molecule has 41 heavy (non-hydrogen) atoms. The third-order valence-corrected chi connectivity index (χ3v) is 9.12. The number of ether oxygens (including phenoxy) is 1. The van der Waals surface area contributed by atoms with Crippen molar-refractivity contribution in [2.24, 2.45) is 11.3 Å². The summed E-state index contributed by atoms with van der Waals surface area (Å²) in [6.45, 7) is 16.1. The van der Waals surface area contributed by atoms with Gasteiger partial charge in [-0.2, -0.15) is 0 Å². The van der Waals surface area contributed by atoms with E-state index in [1.54, 1.807) is 16.7 Å². The van der Waals surface area contributed by atoms with Crippen LogP contribution in [0.2, 0.25) is 0 Å². The van der Waals surface area contributed by atoms with Gasteiger partial charge in [0.1, 0.15) is 5.60 Å². The summed E-state index contributed by atoms with van der Waals surface area (Å²) in [6, 6.07) is 20.0. The van der Waals surface area contributed by atoms with Crippen molar-refractivity contribution in [3.05, 3.63) is 65.7 Å². The maximum absolute atomic E-state index is 13.8. The van der Waals surface area contributed by atoms with Crippen LogP contribution in [0.3, 0.4) is 0 Å². The second kappa shape index (κ2) is 13.2. The molecule has 0 N–H and O–H groups in total. The molecular formula is C34H49N3O3S. The Bertz CT molecular complexity index is 1150. The predicted molar refractivity (Wildman–Crippen MR) is 168 cm³/mol. The van der Waals surface area contributed by atoms with E-state index in [1.807, 2.05) is 20.8 Å². The van der Waals surface area contributed by atoms with Gasteiger partial charge >= 0.3 is 6.09 Å². The SMILES string of the molecule is CSc1ccc([C@@H](c2ccccc2)N2CCN(C(=O)CC3CCN(C(=O)OC(C)(C)C)CC3)[C@@H](C(C)(C)C)C2)cc1. The largest absolute Gasteiger partial charge is 0.444 e. The maximum Gasteiger partial charge on any atom is 0.410 e. The summed E-state index contributed by atoms with van der Waals surface area (Å²) in [5.41, 5.74) is 2.02. The lowest BCUT2D eigenvalue weighted by atomic mass is 9.82. The van der Waals surface area contributed by atoms with Crippen molar-refractivity contribution in [2.75, 3.05) is 39.0 Å². The molecule has 0 unspecified atom stereocenters. The molecule has 0 bridgehead atoms. The van der Waals surface area contributed by atoms with E-state index in [0.717, 1.165) is 32.5 Å². The number of amides is 2. The highest BCUT2D eigenvalue weighted by atomic mass is 32.2. The lowest BCUT2D eigenvalue weighted by Gasteiger charge is -2.50. The average molecular weight is 580 g/mol. The zero-order valence-corrected chi connectivity index (χ0v) is 26.9. The number of hydrogen-bond acceptors (Lipinski definition) is 5. The van der Waals surface area contributed by atoms with Crippen LogP contribution in [0.15, 0.2) is 59.5 Å². The van der Waals surface area contributed by atoms with E-state index in [1.165, 1.54) is 16.0 Å². The number of piperazine rings is 1. The van der Waals surface area contributed by atoms with Gasteiger partial charge in [0.2, 0.25) is 5.91 Å². The Morgan fingerprint density at radius 2 is 1.49 bits per heavy atom. The van der Waals surface area contributed by atoms with Crippen LogP contribution in [0.4, 0.5) is 4.79 Å². The first-order valence-electron chi connectivity index (χ1n) is 15.1. The Morgan fingerprint density at radius 1 is 0.878 bits per heavy atom. The summed E-state index contributed by atoms with van der Waals surface area (Å²) in [4.78, 5) is 34.1. The lowest BCUT2D eigenvalue weighted by molar-refractivity contribution is -0.141. The molecule has 4 rings (SSSR count). The van der Waals surface area contributed by atoms with Crippen molar-refractivity contribution in [1.82, 2.24) is 14.7 Å². The van der Waals surface area contributed by atoms with Crippen molar-refractivity contribution in [1.29, 1.82) is 0 Å². The van der Waals surface area contributed by atoms with Gasteiger partial charge in [-0.05, 0) is 74.5 Å². The Hall–Kier alpha value is -2.51. The molecule has 2 aromatic carbocycles. The molecule has 7 heteroatoms. The number of carbonyl (C=O) groups excluding carboxylic acids is 2. The minimum atomic E-state index is -0.494. The third kappa shape index (κ3) is 8.29. The Kier molecular flexibility index (Phi) is 10.1. The number of hydrogen-bond donors (Lipinski definition) is 0. The van der Waals surface area contributed by atoms with Gasteiger partial charge in [0.25, 0.3) is 0 Å². The van der Waals surface area contributed by atoms with Crippen molar-refractivity contribution in [2.45, 2.75) is 83.4 Å². The molecule has 2 amide bonds. The molecule has 0 aliphatic carbocycles. The molecule has 224 valence electrons. The van der Waals surface area contributed by atoms with Crippen LogP contribution in [0, 0.1) is 11.3 Å². The lowest BCUT2D eigenvalue weighted by Crippen LogP contribution is -2.60. The van der Waals surface area contributed by atoms with Crippen LogP contribution in [-0.4, -0.2) is 77.3 Å². The molecule has 0 spiro atoms. The fourth-order valence-corrected chi connectivity index (χ4v) is 6.53. The summed E-state index contributed by atoms with van der Waals surface area (Å²) in [7, 11) is 0. The molecule has 2 aliphatic rings. The van der Waals surface area contributed by atoms with Crippen LogP contribution in [-0.2, 0) is 9.53 Å². The monoisotopic (exact) mass is 579 g/mol. The van der Waals surface area contributed by atoms with Gasteiger partial charge in [-0.3, -0.25) is 9.69 Å². The summed E-state index contributed by atoms with van der Waals surface area (Å²) in [5.74, 6) is 0.549. The predicted octanol–water partition coefficient (Wildman–Crippen LogP) is 7.09. The molecule has 2 atom stereocenters. The number of likely N-dealkylation sites (tertiary alicyclic amines) is 1. The molecule has 6 nitrogen and oxygen atoms in total. The molecule has 0 radical (unpaired) electrons. The second-order valence-electron chi connectivity index (χ2n) is 13.7. The highest BCUT2D eigenvalue weighted by Crippen LogP contribution is 2.36. The fourth-order valence-electron chi connectivity index (χ4n) is 6.12. The fraction of sp³-hybridized carbons (Fsp3) is 0.588. The van der Waals surface area contributed by atoms with E-state index in [2.05, 4.69) is 91.4 Å². The van der Waals surface area contributed by atoms with Crippen molar-refractivity contribution >= 4 is 23.8 Å². The van der Waals surface area contributed by atoms with E-state index in [-0.39, 0.29) is 29.5 Å².